The van der Waals surface area contributed by atoms with Crippen molar-refractivity contribution >= 4 is 8.32 Å². The maximum absolute atomic E-state index is 10.7. The van der Waals surface area contributed by atoms with Crippen molar-refractivity contribution in [2.75, 3.05) is 6.61 Å². The van der Waals surface area contributed by atoms with Gasteiger partial charge in [-0.05, 0) is 50.2 Å². The van der Waals surface area contributed by atoms with E-state index in [1.165, 1.54) is 5.57 Å². The number of hydrogen-bond acceptors (Lipinski definition) is 2. The van der Waals surface area contributed by atoms with Crippen molar-refractivity contribution in [2.45, 2.75) is 84.5 Å². The van der Waals surface area contributed by atoms with Crippen LogP contribution in [-0.2, 0) is 4.43 Å². The molecule has 0 heterocycles. The van der Waals surface area contributed by atoms with Gasteiger partial charge in [0.25, 0.3) is 0 Å². The van der Waals surface area contributed by atoms with Gasteiger partial charge in [0.1, 0.15) is 0 Å². The number of hydrogen-bond donors (Lipinski definition) is 1. The Morgan fingerprint density at radius 1 is 1.43 bits per heavy atom. The lowest BCUT2D eigenvalue weighted by Crippen LogP contribution is -2.50. The lowest BCUT2D eigenvalue weighted by Gasteiger charge is -2.47. The van der Waals surface area contributed by atoms with Crippen molar-refractivity contribution in [3.8, 4) is 12.3 Å². The molecule has 0 aromatic carbocycles. The van der Waals surface area contributed by atoms with Gasteiger partial charge in [0, 0.05) is 18.4 Å². The molecule has 1 N–H and O–H groups in total. The van der Waals surface area contributed by atoms with Crippen LogP contribution in [0.5, 0.6) is 0 Å². The number of aliphatic hydroxyl groups is 1. The molecule has 0 saturated heterocycles. The van der Waals surface area contributed by atoms with E-state index in [0.29, 0.717) is 12.5 Å². The first-order valence-electron chi connectivity index (χ1n) is 8.88. The van der Waals surface area contributed by atoms with Crippen molar-refractivity contribution < 1.29 is 9.53 Å². The van der Waals surface area contributed by atoms with Crippen LogP contribution in [0.4, 0.5) is 0 Å². The van der Waals surface area contributed by atoms with E-state index in [2.05, 4.69) is 59.7 Å². The van der Waals surface area contributed by atoms with Gasteiger partial charge in [-0.3, -0.25) is 0 Å². The molecule has 1 aliphatic carbocycles. The molecule has 3 atom stereocenters. The van der Waals surface area contributed by atoms with Gasteiger partial charge in [0.2, 0.25) is 0 Å². The summed E-state index contributed by atoms with van der Waals surface area (Å²) in [5.41, 5.74) is 1.16. The predicted octanol–water partition coefficient (Wildman–Crippen LogP) is 5.15. The van der Waals surface area contributed by atoms with Gasteiger partial charge in [-0.15, -0.1) is 12.3 Å². The van der Waals surface area contributed by atoms with E-state index in [-0.39, 0.29) is 16.6 Å². The van der Waals surface area contributed by atoms with Crippen molar-refractivity contribution in [2.24, 2.45) is 11.3 Å². The Bertz CT molecular complexity index is 467. The van der Waals surface area contributed by atoms with Gasteiger partial charge in [-0.2, -0.15) is 0 Å². The number of unbranched alkanes of at least 4 members (excludes halogenated alkanes) is 1. The van der Waals surface area contributed by atoms with Gasteiger partial charge in [0.05, 0.1) is 6.10 Å². The van der Waals surface area contributed by atoms with Crippen LogP contribution in [0.25, 0.3) is 0 Å². The zero-order chi connectivity index (χ0) is 17.9. The standard InChI is InChI=1S/C20H36O2Si/c1-9-10-11-12-17-16(2)13-14-18(21)20(17,6)15-22-23(7,8)19(3,4)5/h1,13,17-18,21H,10-12,14-15H2,2-8H3/t17?,18-,20-/m0/s1. The van der Waals surface area contributed by atoms with Gasteiger partial charge in [-0.1, -0.05) is 39.3 Å². The molecule has 2 nitrogen and oxygen atoms in total. The second-order valence-corrected chi connectivity index (χ2v) is 13.7. The van der Waals surface area contributed by atoms with Crippen LogP contribution in [0.15, 0.2) is 11.6 Å². The van der Waals surface area contributed by atoms with Crippen molar-refractivity contribution in [1.29, 1.82) is 0 Å². The van der Waals surface area contributed by atoms with Crippen LogP contribution >= 0.6 is 0 Å². The van der Waals surface area contributed by atoms with E-state index in [9.17, 15) is 5.11 Å². The highest BCUT2D eigenvalue weighted by atomic mass is 28.4. The Labute approximate surface area is 144 Å². The summed E-state index contributed by atoms with van der Waals surface area (Å²) in [5, 5.41) is 10.9. The largest absolute Gasteiger partial charge is 0.416 e. The minimum absolute atomic E-state index is 0.187. The van der Waals surface area contributed by atoms with Gasteiger partial charge >= 0.3 is 0 Å². The molecule has 3 heteroatoms. The number of rotatable bonds is 6. The van der Waals surface area contributed by atoms with Crippen molar-refractivity contribution in [3.63, 3.8) is 0 Å². The summed E-state index contributed by atoms with van der Waals surface area (Å²) in [7, 11) is -1.82. The lowest BCUT2D eigenvalue weighted by molar-refractivity contribution is -0.0401. The van der Waals surface area contributed by atoms with Crippen LogP contribution in [-0.4, -0.2) is 26.1 Å². The Hall–Kier alpha value is -0.563. The molecule has 1 unspecified atom stereocenters. The number of allylic oxidation sites excluding steroid dienone is 1. The summed E-state index contributed by atoms with van der Waals surface area (Å²) in [4.78, 5) is 0. The van der Waals surface area contributed by atoms with Crippen LogP contribution in [0, 0.1) is 23.7 Å². The molecular weight excluding hydrogens is 300 g/mol. The minimum Gasteiger partial charge on any atom is -0.416 e. The number of terminal acetylenes is 1. The quantitative estimate of drug-likeness (QED) is 0.315. The predicted molar refractivity (Wildman–Crippen MR) is 102 cm³/mol. The highest BCUT2D eigenvalue weighted by Gasteiger charge is 2.46. The molecule has 0 bridgehead atoms. The maximum Gasteiger partial charge on any atom is 0.192 e. The third-order valence-electron chi connectivity index (χ3n) is 6.13. The molecule has 0 amide bonds. The van der Waals surface area contributed by atoms with Crippen LogP contribution in [0.3, 0.4) is 0 Å². The summed E-state index contributed by atoms with van der Waals surface area (Å²) in [6.07, 6.45) is 10.8. The maximum atomic E-state index is 10.7. The Morgan fingerprint density at radius 3 is 2.57 bits per heavy atom. The van der Waals surface area contributed by atoms with Gasteiger partial charge in [-0.25, -0.2) is 0 Å². The fourth-order valence-electron chi connectivity index (χ4n) is 3.18. The Morgan fingerprint density at radius 2 is 2.04 bits per heavy atom. The molecule has 0 saturated carbocycles. The SMILES string of the molecule is C#CCCCC1C(C)=CC[C@H](O)[C@@]1(C)CO[Si](C)(C)C(C)(C)C. The van der Waals surface area contributed by atoms with Crippen LogP contribution in [0.2, 0.25) is 18.1 Å². The average Bonchev–Trinajstić information content (AvgIpc) is 2.44. The molecule has 0 fully saturated rings. The summed E-state index contributed by atoms with van der Waals surface area (Å²) >= 11 is 0. The van der Waals surface area contributed by atoms with E-state index >= 15 is 0 Å². The second-order valence-electron chi connectivity index (χ2n) is 8.90. The smallest absolute Gasteiger partial charge is 0.192 e. The molecular formula is C20H36O2Si. The molecule has 0 radical (unpaired) electrons. The zero-order valence-electron chi connectivity index (χ0n) is 16.2. The van der Waals surface area contributed by atoms with Crippen molar-refractivity contribution in [3.05, 3.63) is 11.6 Å². The topological polar surface area (TPSA) is 29.5 Å². The highest BCUT2D eigenvalue weighted by Crippen LogP contribution is 2.46. The van der Waals surface area contributed by atoms with Gasteiger partial charge < -0.3 is 9.53 Å². The van der Waals surface area contributed by atoms with Crippen molar-refractivity contribution in [1.82, 2.24) is 0 Å². The summed E-state index contributed by atoms with van der Waals surface area (Å²) < 4.78 is 6.50. The minimum atomic E-state index is -1.82. The molecule has 0 aromatic heterocycles. The van der Waals surface area contributed by atoms with E-state index in [0.717, 1.165) is 25.7 Å². The Balaban J connectivity index is 2.93. The van der Waals surface area contributed by atoms with Crippen LogP contribution in [0.1, 0.15) is 60.3 Å². The van der Waals surface area contributed by atoms with Crippen LogP contribution < -0.4 is 0 Å². The highest BCUT2D eigenvalue weighted by molar-refractivity contribution is 6.74. The normalized spacial score (nSPS) is 29.1. The molecule has 23 heavy (non-hydrogen) atoms. The van der Waals surface area contributed by atoms with E-state index in [4.69, 9.17) is 10.8 Å². The zero-order valence-corrected chi connectivity index (χ0v) is 17.2. The monoisotopic (exact) mass is 336 g/mol. The summed E-state index contributed by atoms with van der Waals surface area (Å²) in [6.45, 7) is 16.4. The van der Waals surface area contributed by atoms with E-state index < -0.39 is 8.32 Å². The average molecular weight is 337 g/mol. The molecule has 132 valence electrons. The lowest BCUT2D eigenvalue weighted by atomic mass is 9.64. The third kappa shape index (κ3) is 4.72. The fraction of sp³-hybridized carbons (Fsp3) is 0.800. The van der Waals surface area contributed by atoms with E-state index in [1.807, 2.05) is 0 Å². The molecule has 1 aliphatic rings. The first kappa shape index (κ1) is 20.5. The first-order valence-corrected chi connectivity index (χ1v) is 11.8. The van der Waals surface area contributed by atoms with Gasteiger partial charge in [0.15, 0.2) is 8.32 Å². The van der Waals surface area contributed by atoms with E-state index in [1.54, 1.807) is 0 Å². The summed E-state index contributed by atoms with van der Waals surface area (Å²) in [5.74, 6) is 3.08. The third-order valence-corrected chi connectivity index (χ3v) is 10.6. The fourth-order valence-corrected chi connectivity index (χ4v) is 4.28. The number of aliphatic hydroxyl groups excluding tert-OH is 1. The first-order chi connectivity index (χ1) is 10.5. The molecule has 0 aliphatic heterocycles. The Kier molecular flexibility index (Phi) is 6.72. The second kappa shape index (κ2) is 7.55. The molecule has 0 spiro atoms. The molecule has 0 aromatic rings. The summed E-state index contributed by atoms with van der Waals surface area (Å²) in [6, 6.07) is 0. The molecule has 1 rings (SSSR count).